The van der Waals surface area contributed by atoms with Gasteiger partial charge in [0.15, 0.2) is 9.79 Å². The van der Waals surface area contributed by atoms with Crippen molar-refractivity contribution in [2.24, 2.45) is 5.92 Å². The molecule has 0 spiro atoms. The molecular weight excluding hydrogens is 328 g/mol. The van der Waals surface area contributed by atoms with Gasteiger partial charge in [-0.05, 0) is 43.0 Å². The van der Waals surface area contributed by atoms with Gasteiger partial charge < -0.3 is 9.29 Å². The molecule has 2 aromatic rings. The minimum Gasteiger partial charge on any atom is -0.606 e. The SMILES string of the molecule is CCCCC(CC)COc1ccc2c(c1C)Cc1ccccc1[S+]2[O-]. The monoisotopic (exact) mass is 356 g/mol. The first-order chi connectivity index (χ1) is 12.2. The molecule has 1 aliphatic heterocycles. The summed E-state index contributed by atoms with van der Waals surface area (Å²) in [6, 6.07) is 12.1. The quantitative estimate of drug-likeness (QED) is 0.599. The lowest BCUT2D eigenvalue weighted by atomic mass is 9.98. The maximum atomic E-state index is 12.9. The normalized spacial score (nSPS) is 16.9. The van der Waals surface area contributed by atoms with Crippen molar-refractivity contribution in [1.29, 1.82) is 0 Å². The van der Waals surface area contributed by atoms with Crippen LogP contribution in [0.5, 0.6) is 5.75 Å². The van der Waals surface area contributed by atoms with E-state index in [9.17, 15) is 4.55 Å². The predicted octanol–water partition coefficient (Wildman–Crippen LogP) is 5.66. The van der Waals surface area contributed by atoms with Gasteiger partial charge in [-0.3, -0.25) is 0 Å². The lowest BCUT2D eigenvalue weighted by Crippen LogP contribution is -2.17. The van der Waals surface area contributed by atoms with Gasteiger partial charge in [-0.25, -0.2) is 0 Å². The second kappa shape index (κ2) is 8.29. The summed E-state index contributed by atoms with van der Waals surface area (Å²) < 4.78 is 19.0. The Hall–Kier alpha value is -1.45. The summed E-state index contributed by atoms with van der Waals surface area (Å²) >= 11 is -1.08. The standard InChI is InChI=1S/C22H28O2S/c1-4-6-9-17(5-2)15-24-20-12-13-22-19(16(20)3)14-18-10-7-8-11-21(18)25(22)23/h7-8,10-13,17H,4-6,9,14-15H2,1-3H3. The minimum absolute atomic E-state index is 0.616. The molecule has 25 heavy (non-hydrogen) atoms. The van der Waals surface area contributed by atoms with Crippen molar-refractivity contribution in [3.8, 4) is 5.75 Å². The Labute approximate surface area is 154 Å². The highest BCUT2D eigenvalue weighted by atomic mass is 32.2. The van der Waals surface area contributed by atoms with E-state index in [4.69, 9.17) is 4.74 Å². The van der Waals surface area contributed by atoms with E-state index in [-0.39, 0.29) is 0 Å². The molecule has 2 unspecified atom stereocenters. The zero-order valence-electron chi connectivity index (χ0n) is 15.5. The summed E-state index contributed by atoms with van der Waals surface area (Å²) in [5.74, 6) is 1.57. The molecule has 2 nitrogen and oxygen atoms in total. The van der Waals surface area contributed by atoms with Crippen LogP contribution in [0.3, 0.4) is 0 Å². The molecule has 2 aromatic carbocycles. The summed E-state index contributed by atoms with van der Waals surface area (Å²) in [7, 11) is 0. The van der Waals surface area contributed by atoms with E-state index < -0.39 is 11.2 Å². The van der Waals surface area contributed by atoms with Crippen LogP contribution >= 0.6 is 0 Å². The molecule has 1 aliphatic rings. The van der Waals surface area contributed by atoms with Gasteiger partial charge in [0.2, 0.25) is 0 Å². The number of rotatable bonds is 7. The number of hydrogen-bond donors (Lipinski definition) is 0. The highest BCUT2D eigenvalue weighted by Gasteiger charge is 2.30. The Morgan fingerprint density at radius 1 is 1.12 bits per heavy atom. The van der Waals surface area contributed by atoms with Crippen LogP contribution in [0.4, 0.5) is 0 Å². The number of unbranched alkanes of at least 4 members (excludes halogenated alkanes) is 1. The predicted molar refractivity (Wildman–Crippen MR) is 104 cm³/mol. The number of hydrogen-bond acceptors (Lipinski definition) is 2. The topological polar surface area (TPSA) is 32.3 Å². The van der Waals surface area contributed by atoms with Gasteiger partial charge in [-0.1, -0.05) is 51.3 Å². The smallest absolute Gasteiger partial charge is 0.162 e. The average molecular weight is 357 g/mol. The molecule has 3 heteroatoms. The van der Waals surface area contributed by atoms with Crippen LogP contribution in [0.25, 0.3) is 0 Å². The van der Waals surface area contributed by atoms with Crippen molar-refractivity contribution >= 4 is 11.2 Å². The van der Waals surface area contributed by atoms with E-state index in [1.165, 1.54) is 30.4 Å². The highest BCUT2D eigenvalue weighted by Crippen LogP contribution is 2.38. The molecule has 0 amide bonds. The number of benzene rings is 2. The molecular formula is C22H28O2S. The molecule has 2 atom stereocenters. The van der Waals surface area contributed by atoms with Crippen LogP contribution in [-0.4, -0.2) is 11.2 Å². The van der Waals surface area contributed by atoms with Crippen molar-refractivity contribution in [3.05, 3.63) is 53.1 Å². The Balaban J connectivity index is 1.79. The van der Waals surface area contributed by atoms with Crippen LogP contribution in [0.1, 0.15) is 56.2 Å². The molecule has 3 rings (SSSR count). The van der Waals surface area contributed by atoms with Gasteiger partial charge in [0.05, 0.1) is 6.61 Å². The molecule has 0 aliphatic carbocycles. The van der Waals surface area contributed by atoms with Gasteiger partial charge in [-0.15, -0.1) is 0 Å². The summed E-state index contributed by atoms with van der Waals surface area (Å²) in [5.41, 5.74) is 3.49. The Bertz CT molecular complexity index is 726. The van der Waals surface area contributed by atoms with E-state index in [0.717, 1.165) is 40.6 Å². The van der Waals surface area contributed by atoms with E-state index in [1.807, 2.05) is 30.3 Å². The van der Waals surface area contributed by atoms with Crippen LogP contribution in [0.15, 0.2) is 46.2 Å². The Morgan fingerprint density at radius 3 is 2.68 bits per heavy atom. The molecule has 0 N–H and O–H groups in total. The van der Waals surface area contributed by atoms with Crippen LogP contribution in [0, 0.1) is 12.8 Å². The minimum atomic E-state index is -1.08. The zero-order valence-corrected chi connectivity index (χ0v) is 16.3. The Kier molecular flexibility index (Phi) is 6.08. The fourth-order valence-corrected chi connectivity index (χ4v) is 4.96. The van der Waals surface area contributed by atoms with Crippen LogP contribution in [0.2, 0.25) is 0 Å². The largest absolute Gasteiger partial charge is 0.606 e. The number of ether oxygens (including phenoxy) is 1. The second-order valence-electron chi connectivity index (χ2n) is 6.95. The fraction of sp³-hybridized carbons (Fsp3) is 0.455. The Morgan fingerprint density at radius 2 is 1.92 bits per heavy atom. The van der Waals surface area contributed by atoms with Crippen molar-refractivity contribution in [2.75, 3.05) is 6.61 Å². The van der Waals surface area contributed by atoms with Gasteiger partial charge in [0.1, 0.15) is 5.75 Å². The molecule has 0 radical (unpaired) electrons. The molecule has 134 valence electrons. The van der Waals surface area contributed by atoms with Crippen molar-refractivity contribution in [1.82, 2.24) is 0 Å². The van der Waals surface area contributed by atoms with Crippen molar-refractivity contribution in [3.63, 3.8) is 0 Å². The third-order valence-electron chi connectivity index (χ3n) is 5.26. The first kappa shape index (κ1) is 18.3. The lowest BCUT2D eigenvalue weighted by molar-refractivity contribution is 0.232. The van der Waals surface area contributed by atoms with Gasteiger partial charge in [0, 0.05) is 28.7 Å². The van der Waals surface area contributed by atoms with E-state index >= 15 is 0 Å². The zero-order chi connectivity index (χ0) is 17.8. The third-order valence-corrected chi connectivity index (χ3v) is 6.84. The first-order valence-corrected chi connectivity index (χ1v) is 10.6. The fourth-order valence-electron chi connectivity index (χ4n) is 3.51. The lowest BCUT2D eigenvalue weighted by Gasteiger charge is -2.24. The maximum absolute atomic E-state index is 12.9. The summed E-state index contributed by atoms with van der Waals surface area (Å²) in [4.78, 5) is 1.90. The summed E-state index contributed by atoms with van der Waals surface area (Å²) in [5, 5.41) is 0. The van der Waals surface area contributed by atoms with Gasteiger partial charge >= 0.3 is 0 Å². The number of fused-ring (bicyclic) bond motifs is 2. The second-order valence-corrected chi connectivity index (χ2v) is 8.36. The average Bonchev–Trinajstić information content (AvgIpc) is 2.64. The first-order valence-electron chi connectivity index (χ1n) is 9.40. The van der Waals surface area contributed by atoms with Crippen LogP contribution in [-0.2, 0) is 17.6 Å². The third kappa shape index (κ3) is 3.88. The summed E-state index contributed by atoms with van der Waals surface area (Å²) in [6.07, 6.45) is 5.73. The van der Waals surface area contributed by atoms with Crippen molar-refractivity contribution < 1.29 is 9.29 Å². The molecule has 0 saturated heterocycles. The van der Waals surface area contributed by atoms with E-state index in [2.05, 4.69) is 26.8 Å². The molecule has 0 saturated carbocycles. The van der Waals surface area contributed by atoms with E-state index in [0.29, 0.717) is 5.92 Å². The molecule has 0 aromatic heterocycles. The van der Waals surface area contributed by atoms with Gasteiger partial charge in [0.25, 0.3) is 0 Å². The highest BCUT2D eigenvalue weighted by molar-refractivity contribution is 7.91. The van der Waals surface area contributed by atoms with Crippen molar-refractivity contribution in [2.45, 2.75) is 62.7 Å². The van der Waals surface area contributed by atoms with Gasteiger partial charge in [-0.2, -0.15) is 0 Å². The van der Waals surface area contributed by atoms with Crippen LogP contribution < -0.4 is 4.74 Å². The molecule has 0 fully saturated rings. The van der Waals surface area contributed by atoms with E-state index in [1.54, 1.807) is 0 Å². The molecule has 1 heterocycles. The molecule has 0 bridgehead atoms. The maximum Gasteiger partial charge on any atom is 0.162 e. The summed E-state index contributed by atoms with van der Waals surface area (Å²) in [6.45, 7) is 7.35.